The summed E-state index contributed by atoms with van der Waals surface area (Å²) in [5, 5.41) is 13.7. The molecule has 0 spiro atoms. The largest absolute Gasteiger partial charge is 0.383 e. The number of rotatable bonds is 2. The van der Waals surface area contributed by atoms with Crippen molar-refractivity contribution >= 4 is 5.82 Å². The van der Waals surface area contributed by atoms with E-state index in [0.717, 1.165) is 16.8 Å². The molecule has 0 radical (unpaired) electrons. The minimum Gasteiger partial charge on any atom is -0.383 e. The molecule has 2 aromatic carbocycles. The predicted octanol–water partition coefficient (Wildman–Crippen LogP) is 3.30. The van der Waals surface area contributed by atoms with Crippen LogP contribution in [0.4, 0.5) is 5.82 Å². The molecule has 4 heteroatoms. The third-order valence-corrected chi connectivity index (χ3v) is 3.37. The Balaban J connectivity index is 2.20. The third kappa shape index (κ3) is 2.26. The van der Waals surface area contributed by atoms with E-state index in [4.69, 9.17) is 5.73 Å². The molecule has 0 aliphatic heterocycles. The molecule has 4 nitrogen and oxygen atoms in total. The Hall–Kier alpha value is -3.06. The normalized spacial score (nSPS) is 10.3. The van der Waals surface area contributed by atoms with Gasteiger partial charge in [-0.2, -0.15) is 10.4 Å². The zero-order valence-corrected chi connectivity index (χ0v) is 11.6. The second-order valence-corrected chi connectivity index (χ2v) is 4.83. The van der Waals surface area contributed by atoms with Gasteiger partial charge in [-0.25, -0.2) is 4.68 Å². The zero-order chi connectivity index (χ0) is 14.8. The number of hydrogen-bond acceptors (Lipinski definition) is 3. The number of nitrogen functional groups attached to an aromatic ring is 1. The number of nitriles is 1. The van der Waals surface area contributed by atoms with E-state index in [2.05, 4.69) is 11.2 Å². The van der Waals surface area contributed by atoms with E-state index in [0.29, 0.717) is 17.1 Å². The fraction of sp³-hybridized carbons (Fsp3) is 0.0588. The van der Waals surface area contributed by atoms with Gasteiger partial charge in [-0.3, -0.25) is 0 Å². The van der Waals surface area contributed by atoms with Gasteiger partial charge in [-0.05, 0) is 24.6 Å². The highest BCUT2D eigenvalue weighted by Crippen LogP contribution is 2.31. The number of nitrogens with zero attached hydrogens (tertiary/aromatic N) is 3. The lowest BCUT2D eigenvalue weighted by molar-refractivity contribution is 0.883. The van der Waals surface area contributed by atoms with E-state index in [1.54, 1.807) is 4.68 Å². The summed E-state index contributed by atoms with van der Waals surface area (Å²) in [7, 11) is 0. The lowest BCUT2D eigenvalue weighted by Gasteiger charge is -2.05. The molecule has 0 saturated carbocycles. The van der Waals surface area contributed by atoms with E-state index in [1.807, 2.05) is 61.5 Å². The van der Waals surface area contributed by atoms with Crippen LogP contribution in [0.25, 0.3) is 16.8 Å². The van der Waals surface area contributed by atoms with Crippen molar-refractivity contribution < 1.29 is 0 Å². The Kier molecular flexibility index (Phi) is 3.17. The predicted molar refractivity (Wildman–Crippen MR) is 82.9 cm³/mol. The van der Waals surface area contributed by atoms with Gasteiger partial charge in [0.15, 0.2) is 5.69 Å². The Morgan fingerprint density at radius 2 is 1.71 bits per heavy atom. The number of benzene rings is 2. The fourth-order valence-corrected chi connectivity index (χ4v) is 2.28. The highest BCUT2D eigenvalue weighted by Gasteiger charge is 2.17. The number of hydrogen-bond donors (Lipinski definition) is 1. The van der Waals surface area contributed by atoms with Crippen molar-refractivity contribution in [3.63, 3.8) is 0 Å². The van der Waals surface area contributed by atoms with Gasteiger partial charge in [0.05, 0.1) is 11.3 Å². The smallest absolute Gasteiger partial charge is 0.172 e. The van der Waals surface area contributed by atoms with Crippen LogP contribution < -0.4 is 5.73 Å². The zero-order valence-electron chi connectivity index (χ0n) is 11.6. The SMILES string of the molecule is Cc1ccc(-c2c(C#N)nn(-c3ccccc3)c2N)cc1. The molecule has 2 N–H and O–H groups in total. The van der Waals surface area contributed by atoms with E-state index in [9.17, 15) is 5.26 Å². The van der Waals surface area contributed by atoms with Gasteiger partial charge >= 0.3 is 0 Å². The van der Waals surface area contributed by atoms with Gasteiger partial charge in [-0.15, -0.1) is 0 Å². The van der Waals surface area contributed by atoms with Crippen LogP contribution in [0.1, 0.15) is 11.3 Å². The molecule has 3 aromatic rings. The Bertz CT molecular complexity index is 808. The Morgan fingerprint density at radius 3 is 2.33 bits per heavy atom. The second kappa shape index (κ2) is 5.14. The maximum absolute atomic E-state index is 9.34. The fourth-order valence-electron chi connectivity index (χ4n) is 2.28. The van der Waals surface area contributed by atoms with Crippen LogP contribution in [-0.2, 0) is 0 Å². The maximum Gasteiger partial charge on any atom is 0.172 e. The van der Waals surface area contributed by atoms with Crippen LogP contribution in [0.2, 0.25) is 0 Å². The van der Waals surface area contributed by atoms with Crippen molar-refractivity contribution in [2.45, 2.75) is 6.92 Å². The maximum atomic E-state index is 9.34. The second-order valence-electron chi connectivity index (χ2n) is 4.83. The summed E-state index contributed by atoms with van der Waals surface area (Å²) >= 11 is 0. The van der Waals surface area contributed by atoms with Gasteiger partial charge < -0.3 is 5.73 Å². The number of nitrogens with two attached hydrogens (primary N) is 1. The van der Waals surface area contributed by atoms with Crippen LogP contribution in [0.3, 0.4) is 0 Å². The molecule has 0 aliphatic rings. The van der Waals surface area contributed by atoms with Crippen molar-refractivity contribution in [2.75, 3.05) is 5.73 Å². The molecule has 0 bridgehead atoms. The molecule has 0 unspecified atom stereocenters. The molecule has 0 atom stereocenters. The van der Waals surface area contributed by atoms with Crippen LogP contribution in [0, 0.1) is 18.3 Å². The third-order valence-electron chi connectivity index (χ3n) is 3.37. The molecule has 0 aliphatic carbocycles. The van der Waals surface area contributed by atoms with Crippen molar-refractivity contribution in [1.29, 1.82) is 5.26 Å². The summed E-state index contributed by atoms with van der Waals surface area (Å²) in [6.07, 6.45) is 0. The minimum absolute atomic E-state index is 0.334. The van der Waals surface area contributed by atoms with E-state index >= 15 is 0 Å². The molecule has 3 rings (SSSR count). The molecule has 0 saturated heterocycles. The molecular formula is C17H14N4. The molecule has 0 fully saturated rings. The number of aromatic nitrogens is 2. The van der Waals surface area contributed by atoms with E-state index < -0.39 is 0 Å². The molecule has 0 amide bonds. The van der Waals surface area contributed by atoms with Gasteiger partial charge in [0, 0.05) is 0 Å². The lowest BCUT2D eigenvalue weighted by atomic mass is 10.0. The Morgan fingerprint density at radius 1 is 1.05 bits per heavy atom. The van der Waals surface area contributed by atoms with Crippen LogP contribution in [0.15, 0.2) is 54.6 Å². The van der Waals surface area contributed by atoms with Gasteiger partial charge in [0.25, 0.3) is 0 Å². The summed E-state index contributed by atoms with van der Waals surface area (Å²) in [6.45, 7) is 2.02. The van der Waals surface area contributed by atoms with Gasteiger partial charge in [0.1, 0.15) is 11.9 Å². The summed E-state index contributed by atoms with van der Waals surface area (Å²) in [5.41, 5.74) is 10.1. The highest BCUT2D eigenvalue weighted by atomic mass is 15.3. The van der Waals surface area contributed by atoms with Crippen LogP contribution in [0.5, 0.6) is 0 Å². The first kappa shape index (κ1) is 12.9. The van der Waals surface area contributed by atoms with Crippen molar-refractivity contribution in [1.82, 2.24) is 9.78 Å². The number of para-hydroxylation sites is 1. The average molecular weight is 274 g/mol. The van der Waals surface area contributed by atoms with E-state index in [1.165, 1.54) is 0 Å². The first-order valence-electron chi connectivity index (χ1n) is 6.62. The van der Waals surface area contributed by atoms with Crippen molar-refractivity contribution in [3.05, 3.63) is 65.9 Å². The molecule has 102 valence electrons. The van der Waals surface area contributed by atoms with Crippen molar-refractivity contribution in [3.8, 4) is 22.9 Å². The van der Waals surface area contributed by atoms with Crippen LogP contribution in [-0.4, -0.2) is 9.78 Å². The minimum atomic E-state index is 0.334. The average Bonchev–Trinajstić information content (AvgIpc) is 2.86. The van der Waals surface area contributed by atoms with Gasteiger partial charge in [-0.1, -0.05) is 48.0 Å². The summed E-state index contributed by atoms with van der Waals surface area (Å²) in [4.78, 5) is 0. The topological polar surface area (TPSA) is 67.6 Å². The summed E-state index contributed by atoms with van der Waals surface area (Å²) in [6, 6.07) is 19.6. The monoisotopic (exact) mass is 274 g/mol. The molecular weight excluding hydrogens is 260 g/mol. The van der Waals surface area contributed by atoms with Crippen molar-refractivity contribution in [2.24, 2.45) is 0 Å². The number of aryl methyl sites for hydroxylation is 1. The van der Waals surface area contributed by atoms with E-state index in [-0.39, 0.29) is 0 Å². The summed E-state index contributed by atoms with van der Waals surface area (Å²) < 4.78 is 1.60. The first-order chi connectivity index (χ1) is 10.2. The van der Waals surface area contributed by atoms with Gasteiger partial charge in [0.2, 0.25) is 0 Å². The summed E-state index contributed by atoms with van der Waals surface area (Å²) in [5.74, 6) is 0.474. The molecule has 21 heavy (non-hydrogen) atoms. The lowest BCUT2D eigenvalue weighted by Crippen LogP contribution is -2.01. The quantitative estimate of drug-likeness (QED) is 0.779. The molecule has 1 aromatic heterocycles. The number of anilines is 1. The standard InChI is InChI=1S/C17H14N4/c1-12-7-9-13(10-8-12)16-15(11-18)20-21(17(16)19)14-5-3-2-4-6-14/h2-10H,19H2,1H3. The molecule has 1 heterocycles. The highest BCUT2D eigenvalue weighted by molar-refractivity contribution is 5.80. The first-order valence-corrected chi connectivity index (χ1v) is 6.62. The Labute approximate surface area is 123 Å². The van der Waals surface area contributed by atoms with Crippen LogP contribution >= 0.6 is 0 Å².